The highest BCUT2D eigenvalue weighted by molar-refractivity contribution is 7.89. The predicted octanol–water partition coefficient (Wildman–Crippen LogP) is 3.32. The van der Waals surface area contributed by atoms with Crippen molar-refractivity contribution in [2.45, 2.75) is 62.9 Å². The third kappa shape index (κ3) is 4.09. The van der Waals surface area contributed by atoms with Gasteiger partial charge in [-0.25, -0.2) is 13.2 Å². The number of methoxy groups -OCH3 is 1. The molecule has 9 heteroatoms. The monoisotopic (exact) mass is 456 g/mol. The third-order valence-electron chi connectivity index (χ3n) is 6.30. The number of halogens is 1. The lowest BCUT2D eigenvalue weighted by Crippen LogP contribution is -2.46. The highest BCUT2D eigenvalue weighted by atomic mass is 35.5. The zero-order valence-electron chi connectivity index (χ0n) is 17.6. The largest absolute Gasteiger partial charge is 0.467 e. The molecule has 1 heterocycles. The van der Waals surface area contributed by atoms with Crippen molar-refractivity contribution in [2.24, 2.45) is 5.92 Å². The summed E-state index contributed by atoms with van der Waals surface area (Å²) in [7, 11) is -2.51. The average molecular weight is 457 g/mol. The average Bonchev–Trinajstić information content (AvgIpc) is 3.13. The van der Waals surface area contributed by atoms with Crippen molar-refractivity contribution in [3.8, 4) is 0 Å². The van der Waals surface area contributed by atoms with Crippen LogP contribution >= 0.6 is 11.6 Å². The fraction of sp³-hybridized carbons (Fsp3) is 0.619. The van der Waals surface area contributed by atoms with Crippen molar-refractivity contribution >= 4 is 33.5 Å². The van der Waals surface area contributed by atoms with Crippen LogP contribution in [0.3, 0.4) is 0 Å². The number of carbonyl (C=O) groups is 2. The van der Waals surface area contributed by atoms with Crippen LogP contribution in [0, 0.1) is 5.92 Å². The van der Waals surface area contributed by atoms with Gasteiger partial charge in [-0.3, -0.25) is 4.79 Å². The van der Waals surface area contributed by atoms with Crippen LogP contribution in [0.5, 0.6) is 0 Å². The number of rotatable bonds is 6. The van der Waals surface area contributed by atoms with Crippen molar-refractivity contribution in [3.63, 3.8) is 0 Å². The first-order chi connectivity index (χ1) is 14.3. The SMILES string of the molecule is CCN(CC)S(=O)(=O)c1cc(C(=O)N2[C@H](C(=O)OC)C[C@H]3CCCC[C@@H]32)ccc1Cl. The molecule has 30 heavy (non-hydrogen) atoms. The number of amides is 1. The van der Waals surface area contributed by atoms with E-state index in [1.165, 1.54) is 29.6 Å². The molecule has 1 aromatic carbocycles. The van der Waals surface area contributed by atoms with Crippen LogP contribution in [-0.4, -0.2) is 61.8 Å². The topological polar surface area (TPSA) is 84.0 Å². The summed E-state index contributed by atoms with van der Waals surface area (Å²) in [6, 6.07) is 3.62. The smallest absolute Gasteiger partial charge is 0.328 e. The van der Waals surface area contributed by atoms with E-state index in [0.29, 0.717) is 19.5 Å². The summed E-state index contributed by atoms with van der Waals surface area (Å²) < 4.78 is 32.3. The second kappa shape index (κ2) is 9.24. The van der Waals surface area contributed by atoms with Gasteiger partial charge in [0.2, 0.25) is 10.0 Å². The molecule has 1 amide bonds. The summed E-state index contributed by atoms with van der Waals surface area (Å²) in [6.45, 7) is 4.10. The Morgan fingerprint density at radius 1 is 1.20 bits per heavy atom. The quantitative estimate of drug-likeness (QED) is 0.613. The van der Waals surface area contributed by atoms with Gasteiger partial charge in [-0.05, 0) is 43.4 Å². The van der Waals surface area contributed by atoms with Gasteiger partial charge in [0, 0.05) is 24.7 Å². The fourth-order valence-corrected chi connectivity index (χ4v) is 6.74. The first-order valence-corrected chi connectivity index (χ1v) is 12.3. The lowest BCUT2D eigenvalue weighted by molar-refractivity contribution is -0.145. The number of hydrogen-bond acceptors (Lipinski definition) is 5. The minimum Gasteiger partial charge on any atom is -0.467 e. The highest BCUT2D eigenvalue weighted by Gasteiger charge is 2.48. The summed E-state index contributed by atoms with van der Waals surface area (Å²) in [5.74, 6) is -0.520. The van der Waals surface area contributed by atoms with Crippen LogP contribution < -0.4 is 0 Å². The van der Waals surface area contributed by atoms with Crippen LogP contribution in [0.4, 0.5) is 0 Å². The van der Waals surface area contributed by atoms with Crippen molar-refractivity contribution < 1.29 is 22.7 Å². The number of sulfonamides is 1. The zero-order chi connectivity index (χ0) is 22.1. The first kappa shape index (κ1) is 23.0. The Hall–Kier alpha value is -1.64. The second-order valence-electron chi connectivity index (χ2n) is 7.83. The van der Waals surface area contributed by atoms with E-state index in [1.807, 2.05) is 0 Å². The van der Waals surface area contributed by atoms with Gasteiger partial charge in [-0.2, -0.15) is 4.31 Å². The van der Waals surface area contributed by atoms with E-state index in [2.05, 4.69) is 0 Å². The van der Waals surface area contributed by atoms with Gasteiger partial charge in [0.05, 0.1) is 12.1 Å². The normalized spacial score (nSPS) is 24.0. The summed E-state index contributed by atoms with van der Waals surface area (Å²) in [4.78, 5) is 27.4. The second-order valence-corrected chi connectivity index (χ2v) is 10.1. The van der Waals surface area contributed by atoms with Gasteiger partial charge in [0.1, 0.15) is 10.9 Å². The molecular formula is C21H29ClN2O5S. The molecule has 0 radical (unpaired) electrons. The summed E-state index contributed by atoms with van der Waals surface area (Å²) in [5.41, 5.74) is 0.213. The Bertz CT molecular complexity index is 916. The first-order valence-electron chi connectivity index (χ1n) is 10.5. The molecule has 0 bridgehead atoms. The molecule has 2 aliphatic rings. The molecule has 3 rings (SSSR count). The Morgan fingerprint density at radius 2 is 1.87 bits per heavy atom. The van der Waals surface area contributed by atoms with E-state index >= 15 is 0 Å². The number of hydrogen-bond donors (Lipinski definition) is 0. The minimum atomic E-state index is -3.83. The maximum atomic E-state index is 13.5. The van der Waals surface area contributed by atoms with Crippen molar-refractivity contribution in [1.29, 1.82) is 0 Å². The molecule has 0 unspecified atom stereocenters. The van der Waals surface area contributed by atoms with Gasteiger partial charge < -0.3 is 9.64 Å². The van der Waals surface area contributed by atoms with E-state index in [1.54, 1.807) is 18.7 Å². The van der Waals surface area contributed by atoms with E-state index < -0.39 is 22.0 Å². The molecule has 0 N–H and O–H groups in total. The molecule has 1 saturated heterocycles. The Kier molecular flexibility index (Phi) is 7.09. The molecule has 0 spiro atoms. The summed E-state index contributed by atoms with van der Waals surface area (Å²) in [5, 5.41) is 0.0694. The lowest BCUT2D eigenvalue weighted by Gasteiger charge is -2.33. The molecule has 1 saturated carbocycles. The van der Waals surface area contributed by atoms with Crippen LogP contribution in [0.15, 0.2) is 23.1 Å². The van der Waals surface area contributed by atoms with Crippen molar-refractivity contribution in [2.75, 3.05) is 20.2 Å². The number of esters is 1. The van der Waals surface area contributed by atoms with Crippen molar-refractivity contribution in [1.82, 2.24) is 9.21 Å². The fourth-order valence-electron chi connectivity index (χ4n) is 4.78. The molecule has 7 nitrogen and oxygen atoms in total. The predicted molar refractivity (Wildman–Crippen MR) is 114 cm³/mol. The third-order valence-corrected chi connectivity index (χ3v) is 8.83. The van der Waals surface area contributed by atoms with Crippen LogP contribution in [0.1, 0.15) is 56.3 Å². The number of benzene rings is 1. The molecule has 2 fully saturated rings. The molecule has 1 aromatic rings. The molecule has 1 aliphatic heterocycles. The molecule has 166 valence electrons. The van der Waals surface area contributed by atoms with Gasteiger partial charge in [0.25, 0.3) is 5.91 Å². The van der Waals surface area contributed by atoms with E-state index in [9.17, 15) is 18.0 Å². The van der Waals surface area contributed by atoms with Gasteiger partial charge >= 0.3 is 5.97 Å². The van der Waals surface area contributed by atoms with E-state index in [-0.39, 0.29) is 33.3 Å². The Balaban J connectivity index is 2.00. The molecular weight excluding hydrogens is 428 g/mol. The van der Waals surface area contributed by atoms with Crippen LogP contribution in [-0.2, 0) is 19.6 Å². The molecule has 1 aliphatic carbocycles. The zero-order valence-corrected chi connectivity index (χ0v) is 19.2. The van der Waals surface area contributed by atoms with Gasteiger partial charge in [0.15, 0.2) is 0 Å². The summed E-state index contributed by atoms with van der Waals surface area (Å²) in [6.07, 6.45) is 4.48. The van der Waals surface area contributed by atoms with E-state index in [0.717, 1.165) is 25.7 Å². The number of nitrogens with zero attached hydrogens (tertiary/aromatic N) is 2. The van der Waals surface area contributed by atoms with Gasteiger partial charge in [-0.1, -0.05) is 38.3 Å². The maximum Gasteiger partial charge on any atom is 0.328 e. The van der Waals surface area contributed by atoms with Crippen LogP contribution in [0.25, 0.3) is 0 Å². The number of likely N-dealkylation sites (tertiary alicyclic amines) is 1. The van der Waals surface area contributed by atoms with Gasteiger partial charge in [-0.15, -0.1) is 0 Å². The number of fused-ring (bicyclic) bond motifs is 1. The highest BCUT2D eigenvalue weighted by Crippen LogP contribution is 2.41. The van der Waals surface area contributed by atoms with E-state index in [4.69, 9.17) is 16.3 Å². The lowest BCUT2D eigenvalue weighted by atomic mass is 9.84. The number of carbonyl (C=O) groups excluding carboxylic acids is 2. The minimum absolute atomic E-state index is 0.0335. The van der Waals surface area contributed by atoms with Crippen molar-refractivity contribution in [3.05, 3.63) is 28.8 Å². The summed E-state index contributed by atoms with van der Waals surface area (Å²) >= 11 is 6.21. The standard InChI is InChI=1S/C21H29ClN2O5S/c1-4-23(5-2)30(27,28)19-13-15(10-11-16(19)22)20(25)24-17-9-7-6-8-14(17)12-18(24)21(26)29-3/h10-11,13-14,17-18H,4-9,12H2,1-3H3/t14-,17+,18+/m1/s1. The maximum absolute atomic E-state index is 13.5. The molecule has 0 aromatic heterocycles. The van der Waals surface area contributed by atoms with Crippen LogP contribution in [0.2, 0.25) is 5.02 Å². The Morgan fingerprint density at radius 3 is 2.50 bits per heavy atom. The number of ether oxygens (including phenoxy) is 1. The Labute approximate surface area is 183 Å². The molecule has 3 atom stereocenters.